The summed E-state index contributed by atoms with van der Waals surface area (Å²) < 4.78 is 0. The van der Waals surface area contributed by atoms with Crippen molar-refractivity contribution < 1.29 is 34.5 Å². The molecule has 0 spiro atoms. The van der Waals surface area contributed by atoms with Crippen LogP contribution in [0, 0.1) is 0 Å². The molecule has 3 amide bonds. The number of hydrogen-bond donors (Lipinski definition) is 6. The van der Waals surface area contributed by atoms with Crippen LogP contribution in [-0.2, 0) is 32.0 Å². The van der Waals surface area contributed by atoms with E-state index in [0.717, 1.165) is 5.56 Å². The number of aliphatic hydroxyl groups excluding tert-OH is 1. The summed E-state index contributed by atoms with van der Waals surface area (Å²) in [5, 5.41) is 33.7. The number of carbonyl (C=O) groups is 4. The molecule has 4 atom stereocenters. The highest BCUT2D eigenvalue weighted by atomic mass is 16.4. The van der Waals surface area contributed by atoms with Gasteiger partial charge in [0.1, 0.15) is 23.9 Å². The number of carboxylic acid groups (broad SMARTS) is 1. The van der Waals surface area contributed by atoms with Gasteiger partial charge in [0.15, 0.2) is 0 Å². The zero-order valence-electron chi connectivity index (χ0n) is 20.2. The molecule has 2 aromatic rings. The molecule has 0 saturated carbocycles. The Bertz CT molecular complexity index is 1090. The van der Waals surface area contributed by atoms with E-state index in [-0.39, 0.29) is 25.1 Å². The van der Waals surface area contributed by atoms with E-state index in [1.165, 1.54) is 17.0 Å². The van der Waals surface area contributed by atoms with Crippen molar-refractivity contribution in [2.75, 3.05) is 13.2 Å². The number of likely N-dealkylation sites (tertiary alicyclic amines) is 1. The Hall–Kier alpha value is -3.96. The number of phenolic OH excluding ortho intramolecular Hbond substituents is 1. The Morgan fingerprint density at radius 1 is 0.919 bits per heavy atom. The average Bonchev–Trinajstić information content (AvgIpc) is 3.38. The van der Waals surface area contributed by atoms with Crippen LogP contribution in [0.5, 0.6) is 5.75 Å². The number of carbonyl (C=O) groups excluding carboxylic acids is 3. The minimum atomic E-state index is -1.38. The van der Waals surface area contributed by atoms with Crippen molar-refractivity contribution in [2.45, 2.75) is 49.9 Å². The predicted octanol–water partition coefficient (Wildman–Crippen LogP) is -0.458. The van der Waals surface area contributed by atoms with Crippen molar-refractivity contribution in [3.8, 4) is 5.75 Å². The number of hydrogen-bond acceptors (Lipinski definition) is 7. The van der Waals surface area contributed by atoms with Gasteiger partial charge in [0, 0.05) is 13.0 Å². The summed E-state index contributed by atoms with van der Waals surface area (Å²) in [4.78, 5) is 51.8. The summed E-state index contributed by atoms with van der Waals surface area (Å²) in [6, 6.07) is 10.6. The van der Waals surface area contributed by atoms with Gasteiger partial charge in [0.2, 0.25) is 17.7 Å². The number of nitrogens with one attached hydrogen (secondary N) is 2. The van der Waals surface area contributed by atoms with Gasteiger partial charge in [-0.2, -0.15) is 0 Å². The maximum atomic E-state index is 13.3. The van der Waals surface area contributed by atoms with Gasteiger partial charge in [-0.1, -0.05) is 42.5 Å². The molecule has 11 heteroatoms. The monoisotopic (exact) mass is 512 g/mol. The van der Waals surface area contributed by atoms with Crippen LogP contribution in [0.1, 0.15) is 24.0 Å². The molecule has 3 rings (SSSR count). The maximum Gasteiger partial charge on any atom is 0.326 e. The van der Waals surface area contributed by atoms with Crippen molar-refractivity contribution >= 4 is 23.7 Å². The zero-order valence-corrected chi connectivity index (χ0v) is 20.2. The number of aliphatic carboxylic acids is 1. The lowest BCUT2D eigenvalue weighted by Crippen LogP contribution is -2.58. The molecule has 198 valence electrons. The second-order valence-corrected chi connectivity index (χ2v) is 9.00. The third-order valence-corrected chi connectivity index (χ3v) is 6.26. The summed E-state index contributed by atoms with van der Waals surface area (Å²) in [5.41, 5.74) is 7.40. The normalized spacial score (nSPS) is 17.5. The number of aromatic hydroxyl groups is 1. The summed E-state index contributed by atoms with van der Waals surface area (Å²) >= 11 is 0. The highest BCUT2D eigenvalue weighted by molar-refractivity contribution is 5.94. The molecule has 2 aromatic carbocycles. The average molecular weight is 513 g/mol. The van der Waals surface area contributed by atoms with Crippen molar-refractivity contribution in [2.24, 2.45) is 5.73 Å². The van der Waals surface area contributed by atoms with E-state index in [1.807, 2.05) is 0 Å². The van der Waals surface area contributed by atoms with Crippen LogP contribution >= 0.6 is 0 Å². The third-order valence-electron chi connectivity index (χ3n) is 6.26. The van der Waals surface area contributed by atoms with E-state index in [1.54, 1.807) is 42.5 Å². The quantitative estimate of drug-likeness (QED) is 0.234. The van der Waals surface area contributed by atoms with Gasteiger partial charge >= 0.3 is 5.97 Å². The Kier molecular flexibility index (Phi) is 9.58. The molecule has 1 heterocycles. The highest BCUT2D eigenvalue weighted by Gasteiger charge is 2.38. The van der Waals surface area contributed by atoms with Crippen molar-refractivity contribution in [3.63, 3.8) is 0 Å². The molecule has 1 fully saturated rings. The molecule has 0 aromatic heterocycles. The van der Waals surface area contributed by atoms with E-state index in [4.69, 9.17) is 5.73 Å². The molecule has 7 N–H and O–H groups in total. The fourth-order valence-corrected chi connectivity index (χ4v) is 4.26. The highest BCUT2D eigenvalue weighted by Crippen LogP contribution is 2.20. The molecule has 37 heavy (non-hydrogen) atoms. The molecule has 0 aliphatic carbocycles. The van der Waals surface area contributed by atoms with Crippen LogP contribution in [-0.4, -0.2) is 81.2 Å². The number of nitrogens with two attached hydrogens (primary N) is 1. The smallest absolute Gasteiger partial charge is 0.326 e. The molecule has 0 bridgehead atoms. The molecule has 1 aliphatic heterocycles. The number of phenols is 1. The molecule has 1 aliphatic rings. The molecule has 11 nitrogen and oxygen atoms in total. The van der Waals surface area contributed by atoms with Gasteiger partial charge in [0.25, 0.3) is 0 Å². The van der Waals surface area contributed by atoms with Crippen LogP contribution in [0.4, 0.5) is 0 Å². The number of carboxylic acids is 1. The summed E-state index contributed by atoms with van der Waals surface area (Å²) in [6.07, 6.45) is 1.08. The van der Waals surface area contributed by atoms with E-state index in [2.05, 4.69) is 10.6 Å². The van der Waals surface area contributed by atoms with Gasteiger partial charge in [-0.05, 0) is 42.5 Å². The third kappa shape index (κ3) is 7.51. The standard InChI is InChI=1S/C26H32N4O7/c27-19(13-17-8-10-18(32)11-9-17)23(33)29-21(15-31)24(34)28-20(14-16-5-2-1-3-6-16)25(35)30-12-4-7-22(30)26(36)37/h1-3,5-6,8-11,19-22,31-32H,4,7,12-15,27H2,(H,28,34)(H,29,33)(H,36,37). The topological polar surface area (TPSA) is 182 Å². The fraction of sp³-hybridized carbons (Fsp3) is 0.385. The second kappa shape index (κ2) is 12.8. The number of aliphatic hydroxyl groups is 1. The first kappa shape index (κ1) is 27.6. The first-order valence-corrected chi connectivity index (χ1v) is 12.0. The van der Waals surface area contributed by atoms with Crippen molar-refractivity contribution in [1.29, 1.82) is 0 Å². The van der Waals surface area contributed by atoms with Gasteiger partial charge in [0.05, 0.1) is 12.6 Å². The van der Waals surface area contributed by atoms with E-state index < -0.39 is 54.5 Å². The Morgan fingerprint density at radius 3 is 2.16 bits per heavy atom. The predicted molar refractivity (Wildman–Crippen MR) is 133 cm³/mol. The lowest BCUT2D eigenvalue weighted by Gasteiger charge is -2.28. The van der Waals surface area contributed by atoms with Crippen LogP contribution in [0.2, 0.25) is 0 Å². The fourth-order valence-electron chi connectivity index (χ4n) is 4.26. The van der Waals surface area contributed by atoms with Gasteiger partial charge in [-0.15, -0.1) is 0 Å². The lowest BCUT2D eigenvalue weighted by molar-refractivity contribution is -0.149. The molecular formula is C26H32N4O7. The van der Waals surface area contributed by atoms with Crippen LogP contribution in [0.3, 0.4) is 0 Å². The zero-order chi connectivity index (χ0) is 26.9. The number of amides is 3. The Balaban J connectivity index is 1.69. The largest absolute Gasteiger partial charge is 0.508 e. The summed E-state index contributed by atoms with van der Waals surface area (Å²) in [5.74, 6) is -3.07. The maximum absolute atomic E-state index is 13.3. The van der Waals surface area contributed by atoms with Crippen molar-refractivity contribution in [1.82, 2.24) is 15.5 Å². The van der Waals surface area contributed by atoms with Crippen LogP contribution < -0.4 is 16.4 Å². The molecular weight excluding hydrogens is 480 g/mol. The van der Waals surface area contributed by atoms with Gasteiger partial charge < -0.3 is 36.6 Å². The molecule has 1 saturated heterocycles. The van der Waals surface area contributed by atoms with Gasteiger partial charge in [-0.3, -0.25) is 14.4 Å². The Labute approximate surface area is 214 Å². The van der Waals surface area contributed by atoms with Crippen LogP contribution in [0.25, 0.3) is 0 Å². The van der Waals surface area contributed by atoms with E-state index in [9.17, 15) is 34.5 Å². The second-order valence-electron chi connectivity index (χ2n) is 9.00. The first-order valence-electron chi connectivity index (χ1n) is 12.0. The van der Waals surface area contributed by atoms with E-state index in [0.29, 0.717) is 18.4 Å². The molecule has 0 radical (unpaired) electrons. The number of benzene rings is 2. The molecule has 4 unspecified atom stereocenters. The minimum Gasteiger partial charge on any atom is -0.508 e. The SMILES string of the molecule is NC(Cc1ccc(O)cc1)C(=O)NC(CO)C(=O)NC(Cc1ccccc1)C(=O)N1CCCC1C(=O)O. The van der Waals surface area contributed by atoms with Crippen molar-refractivity contribution in [3.05, 3.63) is 65.7 Å². The summed E-state index contributed by atoms with van der Waals surface area (Å²) in [6.45, 7) is -0.486. The van der Waals surface area contributed by atoms with E-state index >= 15 is 0 Å². The first-order chi connectivity index (χ1) is 17.7. The number of nitrogens with zero attached hydrogens (tertiary/aromatic N) is 1. The summed E-state index contributed by atoms with van der Waals surface area (Å²) in [7, 11) is 0. The Morgan fingerprint density at radius 2 is 1.54 bits per heavy atom. The minimum absolute atomic E-state index is 0.0713. The van der Waals surface area contributed by atoms with Gasteiger partial charge in [-0.25, -0.2) is 4.79 Å². The van der Waals surface area contributed by atoms with Crippen LogP contribution in [0.15, 0.2) is 54.6 Å². The lowest BCUT2D eigenvalue weighted by atomic mass is 10.0. The number of rotatable bonds is 11.